The number of amides is 1. The van der Waals surface area contributed by atoms with Gasteiger partial charge in [0.05, 0.1) is 23.0 Å². The molecule has 0 atom stereocenters. The Kier molecular flexibility index (Phi) is 5.82. The zero-order valence-corrected chi connectivity index (χ0v) is 17.4. The first-order chi connectivity index (χ1) is 15.7. The van der Waals surface area contributed by atoms with E-state index in [1.54, 1.807) is 23.9 Å². The highest BCUT2D eigenvalue weighted by atomic mass is 19.4. The summed E-state index contributed by atoms with van der Waals surface area (Å²) in [7, 11) is 1.69. The molecular weight excluding hydrogens is 441 g/mol. The van der Waals surface area contributed by atoms with Crippen molar-refractivity contribution in [2.24, 2.45) is 7.05 Å². The van der Waals surface area contributed by atoms with Crippen molar-refractivity contribution in [2.75, 3.05) is 5.32 Å². The van der Waals surface area contributed by atoms with Gasteiger partial charge in [0, 0.05) is 25.7 Å². The standard InChI is InChI=1S/C21H17F3N6O3/c1-12(31)27-18-8-3-13(9-25-18)19-28-20(33-29-19)16-10-26-30(2)17(16)11-32-15-6-4-14(5-7-15)21(22,23)24/h3-10H,11H2,1-2H3,(H,25,27,31). The zero-order valence-electron chi connectivity index (χ0n) is 17.4. The third-order valence-electron chi connectivity index (χ3n) is 4.60. The number of rotatable bonds is 6. The Hall–Kier alpha value is -4.22. The van der Waals surface area contributed by atoms with Gasteiger partial charge in [0.15, 0.2) is 0 Å². The average Bonchev–Trinajstić information content (AvgIpc) is 3.39. The molecule has 33 heavy (non-hydrogen) atoms. The predicted octanol–water partition coefficient (Wildman–Crippen LogP) is 4.09. The number of pyridine rings is 1. The van der Waals surface area contributed by atoms with Crippen molar-refractivity contribution in [2.45, 2.75) is 19.7 Å². The number of halogens is 3. The smallest absolute Gasteiger partial charge is 0.416 e. The lowest BCUT2D eigenvalue weighted by molar-refractivity contribution is -0.137. The highest BCUT2D eigenvalue weighted by molar-refractivity contribution is 5.87. The van der Waals surface area contributed by atoms with Crippen molar-refractivity contribution in [3.05, 3.63) is 60.0 Å². The Labute approximate surface area is 185 Å². The second-order valence-corrected chi connectivity index (χ2v) is 6.98. The summed E-state index contributed by atoms with van der Waals surface area (Å²) < 4.78 is 50.7. The molecule has 9 nitrogen and oxygen atoms in total. The van der Waals surface area contributed by atoms with Gasteiger partial charge < -0.3 is 14.6 Å². The highest BCUT2D eigenvalue weighted by Gasteiger charge is 2.30. The predicted molar refractivity (Wildman–Crippen MR) is 110 cm³/mol. The molecule has 0 spiro atoms. The van der Waals surface area contributed by atoms with Gasteiger partial charge in [-0.1, -0.05) is 5.16 Å². The summed E-state index contributed by atoms with van der Waals surface area (Å²) in [5, 5.41) is 10.7. The number of nitrogens with zero attached hydrogens (tertiary/aromatic N) is 5. The van der Waals surface area contributed by atoms with E-state index < -0.39 is 11.7 Å². The number of nitrogens with one attached hydrogen (secondary N) is 1. The molecule has 0 aliphatic heterocycles. The number of benzene rings is 1. The lowest BCUT2D eigenvalue weighted by Crippen LogP contribution is -2.07. The fraction of sp³-hybridized carbons (Fsp3) is 0.190. The maximum Gasteiger partial charge on any atom is 0.416 e. The molecule has 1 amide bonds. The molecule has 0 aliphatic rings. The first-order valence-electron chi connectivity index (χ1n) is 9.60. The van der Waals surface area contributed by atoms with E-state index in [1.165, 1.54) is 31.5 Å². The number of aromatic nitrogens is 5. The zero-order chi connectivity index (χ0) is 23.6. The summed E-state index contributed by atoms with van der Waals surface area (Å²) in [6.45, 7) is 1.40. The first kappa shape index (κ1) is 22.0. The summed E-state index contributed by atoms with van der Waals surface area (Å²) in [6.07, 6.45) is -1.39. The van der Waals surface area contributed by atoms with Crippen molar-refractivity contribution < 1.29 is 27.2 Å². The minimum Gasteiger partial charge on any atom is -0.487 e. The van der Waals surface area contributed by atoms with Gasteiger partial charge >= 0.3 is 6.18 Å². The third-order valence-corrected chi connectivity index (χ3v) is 4.60. The summed E-state index contributed by atoms with van der Waals surface area (Å²) in [4.78, 5) is 19.6. The van der Waals surface area contributed by atoms with Crippen molar-refractivity contribution in [1.82, 2.24) is 24.9 Å². The number of carbonyl (C=O) groups excluding carboxylic acids is 1. The summed E-state index contributed by atoms with van der Waals surface area (Å²) >= 11 is 0. The molecule has 3 heterocycles. The Morgan fingerprint density at radius 1 is 1.15 bits per heavy atom. The second kappa shape index (κ2) is 8.73. The van der Waals surface area contributed by atoms with Crippen LogP contribution in [0.5, 0.6) is 5.75 Å². The molecule has 4 aromatic rings. The molecule has 0 aliphatic carbocycles. The van der Waals surface area contributed by atoms with Crippen LogP contribution >= 0.6 is 0 Å². The molecule has 4 rings (SSSR count). The van der Waals surface area contributed by atoms with E-state index in [1.807, 2.05) is 0 Å². The van der Waals surface area contributed by atoms with E-state index >= 15 is 0 Å². The van der Waals surface area contributed by atoms with Crippen molar-refractivity contribution in [1.29, 1.82) is 0 Å². The molecule has 3 aromatic heterocycles. The lowest BCUT2D eigenvalue weighted by Gasteiger charge is -2.10. The largest absolute Gasteiger partial charge is 0.487 e. The van der Waals surface area contributed by atoms with Gasteiger partial charge in [-0.05, 0) is 36.4 Å². The van der Waals surface area contributed by atoms with Crippen LogP contribution in [0.1, 0.15) is 18.2 Å². The van der Waals surface area contributed by atoms with E-state index in [4.69, 9.17) is 9.26 Å². The Bertz CT molecular complexity index is 1260. The van der Waals surface area contributed by atoms with Gasteiger partial charge in [-0.2, -0.15) is 23.3 Å². The monoisotopic (exact) mass is 458 g/mol. The van der Waals surface area contributed by atoms with Gasteiger partial charge in [0.2, 0.25) is 11.7 Å². The number of anilines is 1. The number of carbonyl (C=O) groups is 1. The minimum atomic E-state index is -4.41. The van der Waals surface area contributed by atoms with Crippen LogP contribution in [0, 0.1) is 0 Å². The molecule has 1 N–H and O–H groups in total. The van der Waals surface area contributed by atoms with Gasteiger partial charge in [-0.25, -0.2) is 4.98 Å². The highest BCUT2D eigenvalue weighted by Crippen LogP contribution is 2.31. The summed E-state index contributed by atoms with van der Waals surface area (Å²) in [6, 6.07) is 7.71. The summed E-state index contributed by atoms with van der Waals surface area (Å²) in [5.41, 5.74) is 0.926. The molecule has 0 saturated carbocycles. The topological polar surface area (TPSA) is 108 Å². The lowest BCUT2D eigenvalue weighted by atomic mass is 10.2. The normalized spacial score (nSPS) is 11.4. The fourth-order valence-corrected chi connectivity index (χ4v) is 2.94. The van der Waals surface area contributed by atoms with Crippen molar-refractivity contribution in [3.63, 3.8) is 0 Å². The Balaban J connectivity index is 1.50. The van der Waals surface area contributed by atoms with E-state index in [9.17, 15) is 18.0 Å². The number of alkyl halides is 3. The first-order valence-corrected chi connectivity index (χ1v) is 9.60. The molecule has 0 unspecified atom stereocenters. The van der Waals surface area contributed by atoms with Gasteiger partial charge in [-0.3, -0.25) is 9.48 Å². The maximum atomic E-state index is 12.7. The Morgan fingerprint density at radius 2 is 1.91 bits per heavy atom. The third kappa shape index (κ3) is 5.00. The second-order valence-electron chi connectivity index (χ2n) is 6.98. The van der Waals surface area contributed by atoms with E-state index in [0.29, 0.717) is 22.6 Å². The van der Waals surface area contributed by atoms with Gasteiger partial charge in [-0.15, -0.1) is 0 Å². The van der Waals surface area contributed by atoms with Crippen molar-refractivity contribution >= 4 is 11.7 Å². The Morgan fingerprint density at radius 3 is 2.55 bits per heavy atom. The molecule has 0 radical (unpaired) electrons. The van der Waals surface area contributed by atoms with Gasteiger partial charge in [0.25, 0.3) is 5.89 Å². The van der Waals surface area contributed by atoms with Crippen LogP contribution in [0.3, 0.4) is 0 Å². The van der Waals surface area contributed by atoms with Crippen LogP contribution in [-0.4, -0.2) is 30.8 Å². The van der Waals surface area contributed by atoms with E-state index in [2.05, 4.69) is 25.5 Å². The SMILES string of the molecule is CC(=O)Nc1ccc(-c2noc(-c3cnn(C)c3COc3ccc(C(F)(F)F)cc3)n2)cn1. The maximum absolute atomic E-state index is 12.7. The molecule has 1 aromatic carbocycles. The summed E-state index contributed by atoms with van der Waals surface area (Å²) in [5.74, 6) is 0.900. The van der Waals surface area contributed by atoms with Crippen molar-refractivity contribution in [3.8, 4) is 28.6 Å². The quantitative estimate of drug-likeness (QED) is 0.464. The van der Waals surface area contributed by atoms with E-state index in [-0.39, 0.29) is 30.0 Å². The van der Waals surface area contributed by atoms with Crippen LogP contribution in [0.4, 0.5) is 19.0 Å². The molecule has 0 bridgehead atoms. The minimum absolute atomic E-state index is 0.0158. The van der Waals surface area contributed by atoms with Crippen LogP contribution in [0.15, 0.2) is 53.3 Å². The molecule has 0 fully saturated rings. The van der Waals surface area contributed by atoms with Crippen LogP contribution in [0.25, 0.3) is 22.8 Å². The fourth-order valence-electron chi connectivity index (χ4n) is 2.94. The number of aryl methyl sites for hydroxylation is 1. The number of hydrogen-bond acceptors (Lipinski definition) is 7. The molecular formula is C21H17F3N6O3. The number of hydrogen-bond donors (Lipinski definition) is 1. The van der Waals surface area contributed by atoms with Gasteiger partial charge in [0.1, 0.15) is 18.2 Å². The van der Waals surface area contributed by atoms with E-state index in [0.717, 1.165) is 12.1 Å². The van der Waals surface area contributed by atoms with Crippen LogP contribution in [-0.2, 0) is 24.6 Å². The number of ether oxygens (including phenoxy) is 1. The molecule has 170 valence electrons. The average molecular weight is 458 g/mol. The molecule has 12 heteroatoms. The molecule has 0 saturated heterocycles. The van der Waals surface area contributed by atoms with Crippen LogP contribution < -0.4 is 10.1 Å². The van der Waals surface area contributed by atoms with Crippen LogP contribution in [0.2, 0.25) is 0 Å².